The number of aromatic nitrogens is 4. The molecule has 1 heterocycles. The van der Waals surface area contributed by atoms with Gasteiger partial charge >= 0.3 is 0 Å². The zero-order chi connectivity index (χ0) is 13.8. The summed E-state index contributed by atoms with van der Waals surface area (Å²) in [6, 6.07) is 0.124. The van der Waals surface area contributed by atoms with Gasteiger partial charge in [-0.1, -0.05) is 13.8 Å². The van der Waals surface area contributed by atoms with E-state index in [0.717, 1.165) is 12.4 Å². The first-order chi connectivity index (χ1) is 8.38. The molecule has 1 atom stereocenters. The molecule has 0 aliphatic heterocycles. The van der Waals surface area contributed by atoms with Gasteiger partial charge in [0.25, 0.3) is 0 Å². The van der Waals surface area contributed by atoms with Crippen molar-refractivity contribution in [3.63, 3.8) is 0 Å². The third-order valence-electron chi connectivity index (χ3n) is 2.78. The standard InChI is InChI=1S/C12H25N5O/c1-9(2)7-13-10(3)11-14-15-16-17(11)12(4,5)8-18-6/h9-10,13H,7-8H2,1-6H3. The summed E-state index contributed by atoms with van der Waals surface area (Å²) in [5.74, 6) is 1.45. The predicted octanol–water partition coefficient (Wildman–Crippen LogP) is 1.36. The summed E-state index contributed by atoms with van der Waals surface area (Å²) in [4.78, 5) is 0. The maximum Gasteiger partial charge on any atom is 0.168 e. The van der Waals surface area contributed by atoms with E-state index in [-0.39, 0.29) is 11.6 Å². The van der Waals surface area contributed by atoms with E-state index in [1.54, 1.807) is 7.11 Å². The Bertz CT molecular complexity index is 361. The summed E-state index contributed by atoms with van der Waals surface area (Å²) in [5.41, 5.74) is -0.249. The van der Waals surface area contributed by atoms with Gasteiger partial charge in [-0.3, -0.25) is 0 Å². The largest absolute Gasteiger partial charge is 0.382 e. The minimum atomic E-state index is -0.249. The smallest absolute Gasteiger partial charge is 0.168 e. The Balaban J connectivity index is 2.81. The van der Waals surface area contributed by atoms with Crippen LogP contribution in [0.1, 0.15) is 46.5 Å². The molecule has 0 saturated heterocycles. The van der Waals surface area contributed by atoms with Crippen molar-refractivity contribution in [2.75, 3.05) is 20.3 Å². The van der Waals surface area contributed by atoms with Gasteiger partial charge in [0.1, 0.15) is 0 Å². The molecule has 0 aromatic carbocycles. The first kappa shape index (κ1) is 15.0. The number of rotatable bonds is 7. The van der Waals surface area contributed by atoms with Crippen LogP contribution in [0.2, 0.25) is 0 Å². The van der Waals surface area contributed by atoms with E-state index in [4.69, 9.17) is 4.74 Å². The minimum absolute atomic E-state index is 0.124. The van der Waals surface area contributed by atoms with Crippen LogP contribution in [-0.4, -0.2) is 40.5 Å². The normalized spacial score (nSPS) is 14.2. The molecule has 104 valence electrons. The van der Waals surface area contributed by atoms with Crippen molar-refractivity contribution in [1.29, 1.82) is 0 Å². The molecule has 1 unspecified atom stereocenters. The van der Waals surface area contributed by atoms with Crippen molar-refractivity contribution in [3.05, 3.63) is 5.82 Å². The van der Waals surface area contributed by atoms with E-state index in [1.807, 2.05) is 4.68 Å². The Kier molecular flexibility index (Phi) is 5.22. The van der Waals surface area contributed by atoms with Gasteiger partial charge in [0.15, 0.2) is 5.82 Å². The first-order valence-corrected chi connectivity index (χ1v) is 6.39. The zero-order valence-corrected chi connectivity index (χ0v) is 12.3. The second-order valence-corrected chi connectivity index (χ2v) is 5.72. The van der Waals surface area contributed by atoms with Crippen molar-refractivity contribution in [2.45, 2.75) is 46.2 Å². The van der Waals surface area contributed by atoms with Crippen LogP contribution in [0.3, 0.4) is 0 Å². The van der Waals surface area contributed by atoms with Crippen LogP contribution in [0.25, 0.3) is 0 Å². The molecule has 0 aliphatic rings. The van der Waals surface area contributed by atoms with Crippen molar-refractivity contribution >= 4 is 0 Å². The molecule has 1 aromatic rings. The van der Waals surface area contributed by atoms with E-state index < -0.39 is 0 Å². The lowest BCUT2D eigenvalue weighted by Gasteiger charge is -2.26. The maximum absolute atomic E-state index is 5.23. The quantitative estimate of drug-likeness (QED) is 0.797. The molecule has 0 amide bonds. The Labute approximate surface area is 109 Å². The van der Waals surface area contributed by atoms with E-state index >= 15 is 0 Å². The fourth-order valence-electron chi connectivity index (χ4n) is 1.81. The third kappa shape index (κ3) is 3.74. The average molecular weight is 255 g/mol. The summed E-state index contributed by atoms with van der Waals surface area (Å²) in [6.45, 7) is 12.1. The average Bonchev–Trinajstić information content (AvgIpc) is 2.75. The molecule has 0 spiro atoms. The molecular formula is C12H25N5O. The first-order valence-electron chi connectivity index (χ1n) is 6.39. The Morgan fingerprint density at radius 1 is 1.33 bits per heavy atom. The van der Waals surface area contributed by atoms with E-state index in [9.17, 15) is 0 Å². The molecule has 1 aromatic heterocycles. The number of hydrogen-bond donors (Lipinski definition) is 1. The molecule has 0 saturated carbocycles. The van der Waals surface area contributed by atoms with Gasteiger partial charge in [-0.25, -0.2) is 4.68 Å². The molecule has 6 heteroatoms. The molecule has 1 rings (SSSR count). The van der Waals surface area contributed by atoms with E-state index in [0.29, 0.717) is 12.5 Å². The fraction of sp³-hybridized carbons (Fsp3) is 0.917. The second kappa shape index (κ2) is 6.24. The molecular weight excluding hydrogens is 230 g/mol. The topological polar surface area (TPSA) is 64.9 Å². The van der Waals surface area contributed by atoms with Gasteiger partial charge < -0.3 is 10.1 Å². The molecule has 0 radical (unpaired) electrons. The van der Waals surface area contributed by atoms with Crippen LogP contribution in [0.15, 0.2) is 0 Å². The number of hydrogen-bond acceptors (Lipinski definition) is 5. The predicted molar refractivity (Wildman–Crippen MR) is 70.3 cm³/mol. The molecule has 0 aliphatic carbocycles. The van der Waals surface area contributed by atoms with Crippen LogP contribution >= 0.6 is 0 Å². The SMILES string of the molecule is COCC(C)(C)n1nnnc1C(C)NCC(C)C. The maximum atomic E-state index is 5.23. The van der Waals surface area contributed by atoms with Crippen molar-refractivity contribution in [3.8, 4) is 0 Å². The molecule has 0 fully saturated rings. The number of methoxy groups -OCH3 is 1. The van der Waals surface area contributed by atoms with Gasteiger partial charge in [0.2, 0.25) is 0 Å². The van der Waals surface area contributed by atoms with Crippen LogP contribution in [0.5, 0.6) is 0 Å². The Morgan fingerprint density at radius 3 is 2.56 bits per heavy atom. The summed E-state index contributed by atoms with van der Waals surface area (Å²) < 4.78 is 7.07. The van der Waals surface area contributed by atoms with Gasteiger partial charge in [0, 0.05) is 7.11 Å². The highest BCUT2D eigenvalue weighted by Crippen LogP contribution is 2.19. The van der Waals surface area contributed by atoms with Crippen LogP contribution < -0.4 is 5.32 Å². The Hall–Kier alpha value is -1.01. The number of nitrogens with one attached hydrogen (secondary N) is 1. The highest BCUT2D eigenvalue weighted by molar-refractivity contribution is 4.95. The highest BCUT2D eigenvalue weighted by atomic mass is 16.5. The van der Waals surface area contributed by atoms with Crippen molar-refractivity contribution in [2.24, 2.45) is 5.92 Å². The molecule has 6 nitrogen and oxygen atoms in total. The number of nitrogens with zero attached hydrogens (tertiary/aromatic N) is 4. The Morgan fingerprint density at radius 2 is 2.00 bits per heavy atom. The third-order valence-corrected chi connectivity index (χ3v) is 2.78. The summed E-state index contributed by atoms with van der Waals surface area (Å²) in [6.07, 6.45) is 0. The van der Waals surface area contributed by atoms with Gasteiger partial charge in [-0.15, -0.1) is 5.10 Å². The van der Waals surface area contributed by atoms with Crippen LogP contribution in [0, 0.1) is 5.92 Å². The van der Waals surface area contributed by atoms with Crippen molar-refractivity contribution < 1.29 is 4.74 Å². The lowest BCUT2D eigenvalue weighted by atomic mass is 10.1. The summed E-state index contributed by atoms with van der Waals surface area (Å²) >= 11 is 0. The van der Waals surface area contributed by atoms with Crippen LogP contribution in [-0.2, 0) is 10.3 Å². The summed E-state index contributed by atoms with van der Waals surface area (Å²) in [5, 5.41) is 15.4. The molecule has 18 heavy (non-hydrogen) atoms. The monoisotopic (exact) mass is 255 g/mol. The highest BCUT2D eigenvalue weighted by Gasteiger charge is 2.27. The minimum Gasteiger partial charge on any atom is -0.382 e. The van der Waals surface area contributed by atoms with Crippen molar-refractivity contribution in [1.82, 2.24) is 25.5 Å². The van der Waals surface area contributed by atoms with Gasteiger partial charge in [0.05, 0.1) is 18.2 Å². The van der Waals surface area contributed by atoms with E-state index in [1.165, 1.54) is 0 Å². The summed E-state index contributed by atoms with van der Waals surface area (Å²) in [7, 11) is 1.69. The van der Waals surface area contributed by atoms with E-state index in [2.05, 4.69) is 55.5 Å². The van der Waals surface area contributed by atoms with Crippen LogP contribution in [0.4, 0.5) is 0 Å². The lowest BCUT2D eigenvalue weighted by molar-refractivity contribution is 0.0965. The fourth-order valence-corrected chi connectivity index (χ4v) is 1.81. The number of ether oxygens (including phenoxy) is 1. The molecule has 1 N–H and O–H groups in total. The van der Waals surface area contributed by atoms with Gasteiger partial charge in [-0.05, 0) is 43.7 Å². The lowest BCUT2D eigenvalue weighted by Crippen LogP contribution is -2.36. The van der Waals surface area contributed by atoms with Gasteiger partial charge in [-0.2, -0.15) is 0 Å². The zero-order valence-electron chi connectivity index (χ0n) is 12.3. The molecule has 0 bridgehead atoms. The second-order valence-electron chi connectivity index (χ2n) is 5.72. The number of tetrazole rings is 1.